The molecule has 5 heteroatoms. The average Bonchev–Trinajstić information content (AvgIpc) is 2.46. The largest absolute Gasteiger partial charge is 0.342 e. The van der Waals surface area contributed by atoms with Crippen LogP contribution < -0.4 is 5.32 Å². The normalized spacial score (nSPS) is 28.3. The molecule has 1 unspecified atom stereocenters. The zero-order valence-corrected chi connectivity index (χ0v) is 12.0. The van der Waals surface area contributed by atoms with Crippen molar-refractivity contribution in [2.75, 3.05) is 32.7 Å². The standard InChI is InChI=1S/C14H25N3O2/c1-3-13(18)16-7-4-5-12(10-16)14(19)17-8-6-15-9-11(17)2/h11-12,15H,3-10H2,1-2H3/t11-,12?/m1/s1. The second-order valence-electron chi connectivity index (χ2n) is 5.62. The summed E-state index contributed by atoms with van der Waals surface area (Å²) in [5.41, 5.74) is 0. The van der Waals surface area contributed by atoms with Crippen molar-refractivity contribution >= 4 is 11.8 Å². The number of nitrogens with zero attached hydrogens (tertiary/aromatic N) is 2. The molecule has 0 aromatic heterocycles. The Balaban J connectivity index is 1.96. The summed E-state index contributed by atoms with van der Waals surface area (Å²) in [7, 11) is 0. The number of likely N-dealkylation sites (tertiary alicyclic amines) is 1. The molecule has 0 aromatic rings. The Bertz CT molecular complexity index is 346. The molecule has 0 radical (unpaired) electrons. The van der Waals surface area contributed by atoms with Gasteiger partial charge in [0, 0.05) is 45.2 Å². The Hall–Kier alpha value is -1.10. The van der Waals surface area contributed by atoms with E-state index in [2.05, 4.69) is 12.2 Å². The van der Waals surface area contributed by atoms with Crippen LogP contribution in [0.2, 0.25) is 0 Å². The lowest BCUT2D eigenvalue weighted by Crippen LogP contribution is -2.55. The minimum absolute atomic E-state index is 0.00444. The molecule has 0 aromatic carbocycles. The van der Waals surface area contributed by atoms with Gasteiger partial charge in [-0.2, -0.15) is 0 Å². The van der Waals surface area contributed by atoms with Crippen molar-refractivity contribution < 1.29 is 9.59 Å². The van der Waals surface area contributed by atoms with Crippen LogP contribution in [0.25, 0.3) is 0 Å². The summed E-state index contributed by atoms with van der Waals surface area (Å²) in [4.78, 5) is 28.2. The van der Waals surface area contributed by atoms with Crippen LogP contribution in [0.15, 0.2) is 0 Å². The maximum Gasteiger partial charge on any atom is 0.227 e. The number of carbonyl (C=O) groups is 2. The summed E-state index contributed by atoms with van der Waals surface area (Å²) in [6, 6.07) is 0.263. The lowest BCUT2D eigenvalue weighted by atomic mass is 9.95. The first-order chi connectivity index (χ1) is 9.13. The van der Waals surface area contributed by atoms with E-state index < -0.39 is 0 Å². The fraction of sp³-hybridized carbons (Fsp3) is 0.857. The lowest BCUT2D eigenvalue weighted by Gasteiger charge is -2.39. The molecule has 108 valence electrons. The van der Waals surface area contributed by atoms with Gasteiger partial charge in [0.05, 0.1) is 5.92 Å². The Kier molecular flexibility index (Phi) is 4.80. The minimum Gasteiger partial charge on any atom is -0.342 e. The first-order valence-corrected chi connectivity index (χ1v) is 7.42. The van der Waals surface area contributed by atoms with Crippen LogP contribution in [0.5, 0.6) is 0 Å². The smallest absolute Gasteiger partial charge is 0.227 e. The number of hydrogen-bond donors (Lipinski definition) is 1. The van der Waals surface area contributed by atoms with E-state index in [-0.39, 0.29) is 23.8 Å². The van der Waals surface area contributed by atoms with Crippen LogP contribution in [0.1, 0.15) is 33.1 Å². The lowest BCUT2D eigenvalue weighted by molar-refractivity contribution is -0.142. The summed E-state index contributed by atoms with van der Waals surface area (Å²) in [6.07, 6.45) is 2.40. The maximum atomic E-state index is 12.6. The van der Waals surface area contributed by atoms with Crippen LogP contribution in [-0.4, -0.2) is 60.4 Å². The fourth-order valence-corrected chi connectivity index (χ4v) is 3.03. The Morgan fingerprint density at radius 2 is 2.11 bits per heavy atom. The van der Waals surface area contributed by atoms with Crippen LogP contribution in [0.4, 0.5) is 0 Å². The highest BCUT2D eigenvalue weighted by Crippen LogP contribution is 2.21. The second-order valence-corrected chi connectivity index (χ2v) is 5.62. The Morgan fingerprint density at radius 1 is 1.32 bits per heavy atom. The number of nitrogens with one attached hydrogen (secondary N) is 1. The third-order valence-corrected chi connectivity index (χ3v) is 4.21. The van der Waals surface area contributed by atoms with Crippen LogP contribution in [0.3, 0.4) is 0 Å². The van der Waals surface area contributed by atoms with Gasteiger partial charge in [0.25, 0.3) is 0 Å². The van der Waals surface area contributed by atoms with E-state index in [1.807, 2.05) is 16.7 Å². The zero-order valence-electron chi connectivity index (χ0n) is 12.0. The molecule has 2 saturated heterocycles. The molecule has 19 heavy (non-hydrogen) atoms. The Labute approximate surface area is 115 Å². The van der Waals surface area contributed by atoms with Crippen molar-refractivity contribution in [1.29, 1.82) is 0 Å². The second kappa shape index (κ2) is 6.37. The molecule has 2 heterocycles. The van der Waals surface area contributed by atoms with Crippen molar-refractivity contribution in [2.24, 2.45) is 5.92 Å². The van der Waals surface area contributed by atoms with Gasteiger partial charge < -0.3 is 15.1 Å². The predicted octanol–water partition coefficient (Wildman–Crippen LogP) is 0.455. The number of hydrogen-bond acceptors (Lipinski definition) is 3. The van der Waals surface area contributed by atoms with Gasteiger partial charge >= 0.3 is 0 Å². The molecule has 0 saturated carbocycles. The molecule has 5 nitrogen and oxygen atoms in total. The first kappa shape index (κ1) is 14.3. The molecule has 2 aliphatic rings. The molecule has 2 rings (SSSR count). The van der Waals surface area contributed by atoms with Crippen LogP contribution in [-0.2, 0) is 9.59 Å². The van der Waals surface area contributed by atoms with Crippen molar-refractivity contribution in [3.05, 3.63) is 0 Å². The molecular formula is C14H25N3O2. The Morgan fingerprint density at radius 3 is 2.79 bits per heavy atom. The molecule has 2 atom stereocenters. The van der Waals surface area contributed by atoms with Crippen molar-refractivity contribution in [2.45, 2.75) is 39.2 Å². The highest BCUT2D eigenvalue weighted by atomic mass is 16.2. The van der Waals surface area contributed by atoms with E-state index in [1.165, 1.54) is 0 Å². The van der Waals surface area contributed by atoms with E-state index in [1.54, 1.807) is 0 Å². The van der Waals surface area contributed by atoms with Gasteiger partial charge in [-0.15, -0.1) is 0 Å². The van der Waals surface area contributed by atoms with E-state index in [0.717, 1.165) is 39.0 Å². The summed E-state index contributed by atoms with van der Waals surface area (Å²) in [6.45, 7) is 7.93. The summed E-state index contributed by atoms with van der Waals surface area (Å²) in [5, 5.41) is 3.30. The number of carbonyl (C=O) groups excluding carboxylic acids is 2. The van der Waals surface area contributed by atoms with Crippen molar-refractivity contribution in [3.63, 3.8) is 0 Å². The first-order valence-electron chi connectivity index (χ1n) is 7.42. The van der Waals surface area contributed by atoms with Gasteiger partial charge in [0.15, 0.2) is 0 Å². The summed E-state index contributed by atoms with van der Waals surface area (Å²) < 4.78 is 0. The molecule has 1 N–H and O–H groups in total. The third kappa shape index (κ3) is 3.26. The van der Waals surface area contributed by atoms with Crippen molar-refractivity contribution in [1.82, 2.24) is 15.1 Å². The molecule has 2 fully saturated rings. The highest BCUT2D eigenvalue weighted by Gasteiger charge is 2.33. The highest BCUT2D eigenvalue weighted by molar-refractivity contribution is 5.81. The SMILES string of the molecule is CCC(=O)N1CCCC(C(=O)N2CCNC[C@H]2C)C1. The van der Waals surface area contributed by atoms with E-state index in [0.29, 0.717) is 13.0 Å². The van der Waals surface area contributed by atoms with E-state index in [9.17, 15) is 9.59 Å². The number of piperidine rings is 1. The molecule has 2 aliphatic heterocycles. The predicted molar refractivity (Wildman–Crippen MR) is 73.6 cm³/mol. The van der Waals surface area contributed by atoms with Gasteiger partial charge in [-0.05, 0) is 19.8 Å². The fourth-order valence-electron chi connectivity index (χ4n) is 3.03. The zero-order chi connectivity index (χ0) is 13.8. The van der Waals surface area contributed by atoms with Gasteiger partial charge in [-0.3, -0.25) is 9.59 Å². The number of piperazine rings is 1. The molecule has 0 spiro atoms. The molecule has 0 aliphatic carbocycles. The van der Waals surface area contributed by atoms with Crippen LogP contribution >= 0.6 is 0 Å². The van der Waals surface area contributed by atoms with Gasteiger partial charge in [0.1, 0.15) is 0 Å². The average molecular weight is 267 g/mol. The van der Waals surface area contributed by atoms with Crippen molar-refractivity contribution in [3.8, 4) is 0 Å². The van der Waals surface area contributed by atoms with Gasteiger partial charge in [-0.1, -0.05) is 6.92 Å². The maximum absolute atomic E-state index is 12.6. The van der Waals surface area contributed by atoms with E-state index in [4.69, 9.17) is 0 Å². The van der Waals surface area contributed by atoms with Gasteiger partial charge in [-0.25, -0.2) is 0 Å². The van der Waals surface area contributed by atoms with E-state index >= 15 is 0 Å². The quantitative estimate of drug-likeness (QED) is 0.790. The van der Waals surface area contributed by atoms with Gasteiger partial charge in [0.2, 0.25) is 11.8 Å². The number of amides is 2. The van der Waals surface area contributed by atoms with Crippen LogP contribution in [0, 0.1) is 5.92 Å². The summed E-state index contributed by atoms with van der Waals surface area (Å²) in [5.74, 6) is 0.415. The number of rotatable bonds is 2. The minimum atomic E-state index is 0.00444. The molecular weight excluding hydrogens is 242 g/mol. The summed E-state index contributed by atoms with van der Waals surface area (Å²) >= 11 is 0. The molecule has 0 bridgehead atoms. The molecule has 2 amide bonds. The topological polar surface area (TPSA) is 52.7 Å². The monoisotopic (exact) mass is 267 g/mol. The third-order valence-electron chi connectivity index (χ3n) is 4.21.